The highest BCUT2D eigenvalue weighted by atomic mass is 16.5. The molecule has 0 radical (unpaired) electrons. The third-order valence-electron chi connectivity index (χ3n) is 3.28. The number of benzene rings is 1. The van der Waals surface area contributed by atoms with Crippen LogP contribution in [0.1, 0.15) is 13.3 Å². The Hall–Kier alpha value is -1.75. The molecule has 0 aliphatic carbocycles. The second kappa shape index (κ2) is 7.14. The molecule has 5 heteroatoms. The van der Waals surface area contributed by atoms with Crippen molar-refractivity contribution in [2.24, 2.45) is 5.92 Å². The summed E-state index contributed by atoms with van der Waals surface area (Å²) in [5.74, 6) is 0.755. The fraction of sp³-hybridized carbons (Fsp3) is 0.533. The van der Waals surface area contributed by atoms with Crippen LogP contribution in [-0.4, -0.2) is 48.8 Å². The molecule has 1 aliphatic rings. The van der Waals surface area contributed by atoms with Gasteiger partial charge in [-0.1, -0.05) is 6.92 Å². The van der Waals surface area contributed by atoms with Gasteiger partial charge in [-0.25, -0.2) is 0 Å². The largest absolute Gasteiger partial charge is 0.494 e. The predicted octanol–water partition coefficient (Wildman–Crippen LogP) is 1.87. The van der Waals surface area contributed by atoms with E-state index >= 15 is 0 Å². The van der Waals surface area contributed by atoms with Crippen molar-refractivity contribution < 1.29 is 19.4 Å². The van der Waals surface area contributed by atoms with Gasteiger partial charge >= 0.3 is 5.97 Å². The average Bonchev–Trinajstić information content (AvgIpc) is 2.39. The van der Waals surface area contributed by atoms with E-state index in [1.807, 2.05) is 24.3 Å². The van der Waals surface area contributed by atoms with Crippen LogP contribution >= 0.6 is 0 Å². The molecule has 0 spiro atoms. The fourth-order valence-electron chi connectivity index (χ4n) is 2.05. The van der Waals surface area contributed by atoms with E-state index in [0.29, 0.717) is 19.7 Å². The lowest BCUT2D eigenvalue weighted by atomic mass is 10.0. The van der Waals surface area contributed by atoms with Crippen LogP contribution in [0.15, 0.2) is 24.3 Å². The Bertz CT molecular complexity index is 426. The first-order valence-corrected chi connectivity index (χ1v) is 7.00. The van der Waals surface area contributed by atoms with Crippen molar-refractivity contribution in [2.75, 3.05) is 32.8 Å². The van der Waals surface area contributed by atoms with Gasteiger partial charge in [-0.3, -0.25) is 9.69 Å². The zero-order valence-corrected chi connectivity index (χ0v) is 11.7. The number of carboxylic acid groups (broad SMARTS) is 1. The number of carbonyl (C=O) groups is 1. The van der Waals surface area contributed by atoms with Gasteiger partial charge in [-0.2, -0.15) is 0 Å². The van der Waals surface area contributed by atoms with E-state index in [-0.39, 0.29) is 5.92 Å². The van der Waals surface area contributed by atoms with Crippen LogP contribution in [0.2, 0.25) is 0 Å². The minimum absolute atomic E-state index is 0.204. The van der Waals surface area contributed by atoms with Crippen LogP contribution in [0, 0.1) is 5.92 Å². The SMILES string of the molecule is CCCOc1ccc(OCCN2CC(C(=O)O)C2)cc1. The Labute approximate surface area is 119 Å². The number of hydrogen-bond donors (Lipinski definition) is 1. The first-order chi connectivity index (χ1) is 9.69. The van der Waals surface area contributed by atoms with E-state index in [0.717, 1.165) is 31.1 Å². The second-order valence-corrected chi connectivity index (χ2v) is 4.96. The Balaban J connectivity index is 1.63. The maximum absolute atomic E-state index is 10.7. The normalized spacial score (nSPS) is 15.7. The fourth-order valence-corrected chi connectivity index (χ4v) is 2.05. The van der Waals surface area contributed by atoms with E-state index in [2.05, 4.69) is 11.8 Å². The zero-order valence-electron chi connectivity index (χ0n) is 11.7. The molecule has 0 amide bonds. The molecule has 110 valence electrons. The molecule has 2 rings (SSSR count). The Morgan fingerprint density at radius 3 is 2.25 bits per heavy atom. The third-order valence-corrected chi connectivity index (χ3v) is 3.28. The molecule has 1 fully saturated rings. The molecule has 1 N–H and O–H groups in total. The van der Waals surface area contributed by atoms with Gasteiger partial charge < -0.3 is 14.6 Å². The van der Waals surface area contributed by atoms with E-state index in [1.165, 1.54) is 0 Å². The summed E-state index contributed by atoms with van der Waals surface area (Å²) in [7, 11) is 0. The number of rotatable bonds is 8. The van der Waals surface area contributed by atoms with E-state index < -0.39 is 5.97 Å². The Morgan fingerprint density at radius 2 is 1.75 bits per heavy atom. The highest BCUT2D eigenvalue weighted by Crippen LogP contribution is 2.18. The summed E-state index contributed by atoms with van der Waals surface area (Å²) < 4.78 is 11.1. The van der Waals surface area contributed by atoms with Gasteiger partial charge in [-0.05, 0) is 30.7 Å². The Kier molecular flexibility index (Phi) is 5.24. The van der Waals surface area contributed by atoms with Gasteiger partial charge in [0.2, 0.25) is 0 Å². The van der Waals surface area contributed by atoms with Gasteiger partial charge in [0.05, 0.1) is 12.5 Å². The summed E-state index contributed by atoms with van der Waals surface area (Å²) in [4.78, 5) is 12.7. The molecule has 1 heterocycles. The number of ether oxygens (including phenoxy) is 2. The summed E-state index contributed by atoms with van der Waals surface area (Å²) in [6.45, 7) is 5.38. The predicted molar refractivity (Wildman–Crippen MR) is 75.3 cm³/mol. The van der Waals surface area contributed by atoms with E-state index in [9.17, 15) is 4.79 Å². The highest BCUT2D eigenvalue weighted by Gasteiger charge is 2.31. The smallest absolute Gasteiger partial charge is 0.309 e. The standard InChI is InChI=1S/C15H21NO4/c1-2-8-19-13-3-5-14(6-4-13)20-9-7-16-10-12(11-16)15(17)18/h3-6,12H,2,7-11H2,1H3,(H,17,18). The van der Waals surface area contributed by atoms with Gasteiger partial charge in [0.15, 0.2) is 0 Å². The lowest BCUT2D eigenvalue weighted by Crippen LogP contribution is -2.51. The molecule has 0 saturated carbocycles. The molecule has 1 aromatic rings. The van der Waals surface area contributed by atoms with Crippen LogP contribution in [0.3, 0.4) is 0 Å². The molecule has 1 aliphatic heterocycles. The molecule has 5 nitrogen and oxygen atoms in total. The van der Waals surface area contributed by atoms with Crippen molar-refractivity contribution in [2.45, 2.75) is 13.3 Å². The maximum Gasteiger partial charge on any atom is 0.309 e. The van der Waals surface area contributed by atoms with Crippen molar-refractivity contribution >= 4 is 5.97 Å². The summed E-state index contributed by atoms with van der Waals surface area (Å²) >= 11 is 0. The van der Waals surface area contributed by atoms with E-state index in [4.69, 9.17) is 14.6 Å². The van der Waals surface area contributed by atoms with Gasteiger partial charge in [0.25, 0.3) is 0 Å². The Morgan fingerprint density at radius 1 is 1.20 bits per heavy atom. The minimum Gasteiger partial charge on any atom is -0.494 e. The summed E-state index contributed by atoms with van der Waals surface area (Å²) in [5, 5.41) is 8.77. The number of likely N-dealkylation sites (tertiary alicyclic amines) is 1. The van der Waals surface area contributed by atoms with Gasteiger partial charge in [0.1, 0.15) is 18.1 Å². The molecule has 1 aromatic carbocycles. The molecule has 0 atom stereocenters. The van der Waals surface area contributed by atoms with E-state index in [1.54, 1.807) is 0 Å². The van der Waals surface area contributed by atoms with Crippen LogP contribution < -0.4 is 9.47 Å². The summed E-state index contributed by atoms with van der Waals surface area (Å²) in [5.41, 5.74) is 0. The number of nitrogens with zero attached hydrogens (tertiary/aromatic N) is 1. The number of aliphatic carboxylic acids is 1. The average molecular weight is 279 g/mol. The van der Waals surface area contributed by atoms with Crippen LogP contribution in [-0.2, 0) is 4.79 Å². The van der Waals surface area contributed by atoms with Crippen molar-refractivity contribution in [3.8, 4) is 11.5 Å². The van der Waals surface area contributed by atoms with Crippen LogP contribution in [0.5, 0.6) is 11.5 Å². The molecule has 0 aromatic heterocycles. The topological polar surface area (TPSA) is 59.0 Å². The molecule has 0 unspecified atom stereocenters. The summed E-state index contributed by atoms with van der Waals surface area (Å²) in [6.07, 6.45) is 0.991. The minimum atomic E-state index is -0.704. The molecule has 0 bridgehead atoms. The lowest BCUT2D eigenvalue weighted by molar-refractivity contribution is -0.147. The first kappa shape index (κ1) is 14.7. The molecular formula is C15H21NO4. The van der Waals surface area contributed by atoms with Crippen molar-refractivity contribution in [1.82, 2.24) is 4.90 Å². The van der Waals surface area contributed by atoms with Gasteiger partial charge in [0, 0.05) is 19.6 Å². The number of hydrogen-bond acceptors (Lipinski definition) is 4. The highest BCUT2D eigenvalue weighted by molar-refractivity contribution is 5.71. The number of carboxylic acids is 1. The molecule has 1 saturated heterocycles. The zero-order chi connectivity index (χ0) is 14.4. The van der Waals surface area contributed by atoms with Crippen molar-refractivity contribution in [3.63, 3.8) is 0 Å². The van der Waals surface area contributed by atoms with Crippen molar-refractivity contribution in [3.05, 3.63) is 24.3 Å². The van der Waals surface area contributed by atoms with Gasteiger partial charge in [-0.15, -0.1) is 0 Å². The molecule has 20 heavy (non-hydrogen) atoms. The summed E-state index contributed by atoms with van der Waals surface area (Å²) in [6, 6.07) is 7.58. The maximum atomic E-state index is 10.7. The molecular weight excluding hydrogens is 258 g/mol. The first-order valence-electron chi connectivity index (χ1n) is 7.00. The lowest BCUT2D eigenvalue weighted by Gasteiger charge is -2.36. The monoisotopic (exact) mass is 279 g/mol. The second-order valence-electron chi connectivity index (χ2n) is 4.96. The van der Waals surface area contributed by atoms with Crippen molar-refractivity contribution in [1.29, 1.82) is 0 Å². The van der Waals surface area contributed by atoms with Crippen LogP contribution in [0.4, 0.5) is 0 Å². The third kappa shape index (κ3) is 4.13. The van der Waals surface area contributed by atoms with Crippen LogP contribution in [0.25, 0.3) is 0 Å². The quantitative estimate of drug-likeness (QED) is 0.787.